The van der Waals surface area contributed by atoms with Gasteiger partial charge in [0.25, 0.3) is 9.05 Å². The smallest absolute Gasteiger partial charge is 0.335 e. The van der Waals surface area contributed by atoms with Crippen LogP contribution in [0.15, 0.2) is 58.3 Å². The van der Waals surface area contributed by atoms with E-state index in [1.54, 1.807) is 0 Å². The summed E-state index contributed by atoms with van der Waals surface area (Å²) in [5.41, 5.74) is 4.57. The van der Waals surface area contributed by atoms with Gasteiger partial charge >= 0.3 is 11.9 Å². The molecule has 0 aliphatic rings. The van der Waals surface area contributed by atoms with Crippen LogP contribution < -0.4 is 10.5 Å². The number of carboxylic acids is 2. The van der Waals surface area contributed by atoms with Crippen molar-refractivity contribution >= 4 is 54.1 Å². The highest BCUT2D eigenvalue weighted by Gasteiger charge is 2.12. The molecule has 30 heavy (non-hydrogen) atoms. The minimum Gasteiger partial charge on any atom is -0.478 e. The third-order valence-electron chi connectivity index (χ3n) is 3.06. The SMILES string of the molecule is CN.CNS(=O)(=O)c1ccc(C(=O)O)cc1.Cl.O=C(O)c1ccc(S(=O)(=O)Cl)cc1. The Kier molecular flexibility index (Phi) is 13.1. The molecule has 2 rings (SSSR count). The van der Waals surface area contributed by atoms with Crippen molar-refractivity contribution in [3.63, 3.8) is 0 Å². The molecule has 0 radical (unpaired) electrons. The fourth-order valence-corrected chi connectivity index (χ4v) is 3.15. The number of hydrogen-bond acceptors (Lipinski definition) is 7. The molecule has 0 atom stereocenters. The monoisotopic (exact) mass is 502 g/mol. The van der Waals surface area contributed by atoms with E-state index in [-0.39, 0.29) is 33.3 Å². The molecule has 2 aromatic rings. The minimum absolute atomic E-state index is 0. The average molecular weight is 503 g/mol. The first-order valence-corrected chi connectivity index (χ1v) is 11.3. The van der Waals surface area contributed by atoms with Gasteiger partial charge in [-0.1, -0.05) is 0 Å². The fraction of sp³-hybridized carbons (Fsp3) is 0.125. The van der Waals surface area contributed by atoms with E-state index in [9.17, 15) is 26.4 Å². The molecule has 5 N–H and O–H groups in total. The van der Waals surface area contributed by atoms with Crippen LogP contribution in [0, 0.1) is 0 Å². The zero-order valence-electron chi connectivity index (χ0n) is 15.6. The molecule has 0 aliphatic carbocycles. The van der Waals surface area contributed by atoms with E-state index >= 15 is 0 Å². The molecule has 0 saturated heterocycles. The Hall–Kier alpha value is -2.22. The number of carboxylic acid groups (broad SMARTS) is 2. The zero-order valence-corrected chi connectivity index (χ0v) is 18.8. The van der Waals surface area contributed by atoms with Crippen molar-refractivity contribution in [1.29, 1.82) is 0 Å². The molecule has 0 bridgehead atoms. The number of rotatable bonds is 5. The molecule has 14 heteroatoms. The summed E-state index contributed by atoms with van der Waals surface area (Å²) in [4.78, 5) is 20.8. The lowest BCUT2D eigenvalue weighted by Gasteiger charge is -2.01. The summed E-state index contributed by atoms with van der Waals surface area (Å²) in [6.45, 7) is 0. The summed E-state index contributed by atoms with van der Waals surface area (Å²) in [7, 11) is 0.558. The lowest BCUT2D eigenvalue weighted by molar-refractivity contribution is 0.0686. The standard InChI is InChI=1S/C8H9NO4S.C7H5ClO4S.CH5N.ClH/c1-9-14(12,13)7-4-2-6(3-5-7)8(10)11;8-13(11,12)6-3-1-5(2-4-6)7(9)10;1-2;/h2-5,9H,1H3,(H,10,11);1-4H,(H,9,10);2H2,1H3;1H. The van der Waals surface area contributed by atoms with Crippen molar-refractivity contribution < 1.29 is 36.6 Å². The summed E-state index contributed by atoms with van der Waals surface area (Å²) in [5.74, 6) is -2.20. The molecule has 0 saturated carbocycles. The Balaban J connectivity index is 0. The molecule has 0 amide bonds. The van der Waals surface area contributed by atoms with Gasteiger partial charge in [-0.15, -0.1) is 12.4 Å². The van der Waals surface area contributed by atoms with Crippen LogP contribution in [0.1, 0.15) is 20.7 Å². The topological polar surface area (TPSA) is 181 Å². The van der Waals surface area contributed by atoms with Gasteiger partial charge in [0.15, 0.2) is 0 Å². The van der Waals surface area contributed by atoms with Crippen molar-refractivity contribution in [1.82, 2.24) is 4.72 Å². The van der Waals surface area contributed by atoms with Gasteiger partial charge in [0, 0.05) is 10.7 Å². The van der Waals surface area contributed by atoms with Crippen LogP contribution in [0.3, 0.4) is 0 Å². The molecular formula is C16H20Cl2N2O8S2. The van der Waals surface area contributed by atoms with Crippen molar-refractivity contribution in [2.75, 3.05) is 14.1 Å². The van der Waals surface area contributed by atoms with E-state index in [1.807, 2.05) is 0 Å². The molecule has 168 valence electrons. The van der Waals surface area contributed by atoms with E-state index in [0.717, 1.165) is 12.1 Å². The first-order valence-electron chi connectivity index (χ1n) is 7.51. The van der Waals surface area contributed by atoms with Gasteiger partial charge in [-0.25, -0.2) is 31.1 Å². The third-order valence-corrected chi connectivity index (χ3v) is 5.86. The number of nitrogens with two attached hydrogens (primary N) is 1. The lowest BCUT2D eigenvalue weighted by Crippen LogP contribution is -2.18. The molecular weight excluding hydrogens is 483 g/mol. The van der Waals surface area contributed by atoms with Crippen molar-refractivity contribution in [3.05, 3.63) is 59.7 Å². The number of sulfonamides is 1. The first kappa shape index (κ1) is 30.0. The van der Waals surface area contributed by atoms with E-state index in [0.29, 0.717) is 0 Å². The number of nitrogens with one attached hydrogen (secondary N) is 1. The zero-order chi connectivity index (χ0) is 22.8. The summed E-state index contributed by atoms with van der Waals surface area (Å²) in [6.07, 6.45) is 0. The Bertz CT molecular complexity index is 1040. The molecule has 0 unspecified atom stereocenters. The van der Waals surface area contributed by atoms with Crippen molar-refractivity contribution in [2.24, 2.45) is 5.73 Å². The molecule has 0 spiro atoms. The van der Waals surface area contributed by atoms with Gasteiger partial charge in [-0.05, 0) is 62.6 Å². The predicted octanol–water partition coefficient (Wildman–Crippen LogP) is 1.60. The van der Waals surface area contributed by atoms with Crippen molar-refractivity contribution in [3.8, 4) is 0 Å². The van der Waals surface area contributed by atoms with Crippen LogP contribution in [0.25, 0.3) is 0 Å². The first-order chi connectivity index (χ1) is 13.4. The van der Waals surface area contributed by atoms with E-state index < -0.39 is 31.0 Å². The molecule has 2 aromatic carbocycles. The highest BCUT2D eigenvalue weighted by Crippen LogP contribution is 2.15. The molecule has 0 fully saturated rings. The van der Waals surface area contributed by atoms with Crippen LogP contribution in [0.4, 0.5) is 0 Å². The number of aromatic carboxylic acids is 2. The van der Waals surface area contributed by atoms with Crippen LogP contribution in [0.5, 0.6) is 0 Å². The summed E-state index contributed by atoms with van der Waals surface area (Å²) < 4.78 is 46.0. The van der Waals surface area contributed by atoms with E-state index in [2.05, 4.69) is 10.5 Å². The summed E-state index contributed by atoms with van der Waals surface area (Å²) >= 11 is 0. The van der Waals surface area contributed by atoms with Crippen LogP contribution >= 0.6 is 23.1 Å². The number of carbonyl (C=O) groups is 2. The number of hydrogen-bond donors (Lipinski definition) is 4. The second-order valence-electron chi connectivity index (χ2n) is 4.80. The molecule has 10 nitrogen and oxygen atoms in total. The van der Waals surface area contributed by atoms with E-state index in [1.165, 1.54) is 50.5 Å². The average Bonchev–Trinajstić information content (AvgIpc) is 2.69. The molecule has 0 heterocycles. The maximum Gasteiger partial charge on any atom is 0.335 e. The highest BCUT2D eigenvalue weighted by molar-refractivity contribution is 8.13. The molecule has 0 aliphatic heterocycles. The van der Waals surface area contributed by atoms with Gasteiger partial charge in [0.2, 0.25) is 10.0 Å². The fourth-order valence-electron chi connectivity index (χ4n) is 1.65. The lowest BCUT2D eigenvalue weighted by atomic mass is 10.2. The highest BCUT2D eigenvalue weighted by atomic mass is 35.7. The predicted molar refractivity (Wildman–Crippen MR) is 113 cm³/mol. The van der Waals surface area contributed by atoms with Gasteiger partial charge in [-0.3, -0.25) is 0 Å². The van der Waals surface area contributed by atoms with Crippen LogP contribution in [-0.4, -0.2) is 53.1 Å². The van der Waals surface area contributed by atoms with E-state index in [4.69, 9.17) is 20.9 Å². The van der Waals surface area contributed by atoms with Crippen LogP contribution in [0.2, 0.25) is 0 Å². The Labute approximate surface area is 184 Å². The maximum atomic E-state index is 11.2. The van der Waals surface area contributed by atoms with Gasteiger partial charge in [-0.2, -0.15) is 0 Å². The Morgan fingerprint density at radius 3 is 1.33 bits per heavy atom. The number of benzene rings is 2. The molecule has 0 aromatic heterocycles. The Morgan fingerprint density at radius 1 is 0.800 bits per heavy atom. The summed E-state index contributed by atoms with van der Waals surface area (Å²) in [5, 5.41) is 17.1. The van der Waals surface area contributed by atoms with Gasteiger partial charge in [0.05, 0.1) is 20.9 Å². The van der Waals surface area contributed by atoms with Gasteiger partial charge in [0.1, 0.15) is 0 Å². The second-order valence-corrected chi connectivity index (χ2v) is 9.26. The van der Waals surface area contributed by atoms with Crippen LogP contribution in [-0.2, 0) is 19.1 Å². The normalized spacial score (nSPS) is 10.3. The summed E-state index contributed by atoms with van der Waals surface area (Å²) in [6, 6.07) is 9.62. The Morgan fingerprint density at radius 2 is 1.10 bits per heavy atom. The van der Waals surface area contributed by atoms with Crippen molar-refractivity contribution in [2.45, 2.75) is 9.79 Å². The minimum atomic E-state index is -3.77. The maximum absolute atomic E-state index is 11.2. The third kappa shape index (κ3) is 9.52. The number of halogens is 2. The second kappa shape index (κ2) is 13.2. The van der Waals surface area contributed by atoms with Gasteiger partial charge < -0.3 is 15.9 Å². The quantitative estimate of drug-likeness (QED) is 0.441. The largest absolute Gasteiger partial charge is 0.478 e.